The fraction of sp³-hybridized carbons (Fsp3) is 0.323. The highest BCUT2D eigenvalue weighted by Gasteiger charge is 2.27. The number of piperidine rings is 1. The van der Waals surface area contributed by atoms with Crippen molar-refractivity contribution in [1.82, 2.24) is 15.2 Å². The van der Waals surface area contributed by atoms with Crippen LogP contribution in [0.4, 0.5) is 0 Å². The van der Waals surface area contributed by atoms with Gasteiger partial charge < -0.3 is 19.5 Å². The lowest BCUT2D eigenvalue weighted by atomic mass is 9.94. The molecule has 0 saturated carbocycles. The van der Waals surface area contributed by atoms with E-state index in [9.17, 15) is 9.59 Å². The van der Waals surface area contributed by atoms with Gasteiger partial charge in [-0.1, -0.05) is 36.4 Å². The number of methoxy groups -OCH3 is 2. The van der Waals surface area contributed by atoms with Crippen molar-refractivity contribution in [1.29, 1.82) is 0 Å². The number of nitrogens with zero attached hydrogens (tertiary/aromatic N) is 2. The van der Waals surface area contributed by atoms with Crippen LogP contribution in [0.25, 0.3) is 6.08 Å². The Morgan fingerprint density at radius 1 is 1.03 bits per heavy atom. The first-order valence-electron chi connectivity index (χ1n) is 13.1. The van der Waals surface area contributed by atoms with E-state index in [0.717, 1.165) is 55.0 Å². The average molecular weight is 530 g/mol. The van der Waals surface area contributed by atoms with Gasteiger partial charge in [-0.3, -0.25) is 19.5 Å². The number of carbonyl (C=O) groups excluding carboxylic acids is 2. The van der Waals surface area contributed by atoms with E-state index in [1.807, 2.05) is 60.7 Å². The van der Waals surface area contributed by atoms with Crippen LogP contribution in [0.3, 0.4) is 0 Å². The fourth-order valence-corrected chi connectivity index (χ4v) is 4.67. The molecule has 1 aromatic heterocycles. The summed E-state index contributed by atoms with van der Waals surface area (Å²) < 4.78 is 15.8. The van der Waals surface area contributed by atoms with Crippen LogP contribution in [-0.4, -0.2) is 55.6 Å². The number of amides is 1. The number of ether oxygens (including phenoxy) is 3. The van der Waals surface area contributed by atoms with Crippen LogP contribution < -0.4 is 19.5 Å². The number of carbonyl (C=O) groups is 2. The number of benzene rings is 2. The van der Waals surface area contributed by atoms with Gasteiger partial charge in [0.1, 0.15) is 5.75 Å². The number of likely N-dealkylation sites (tertiary alicyclic amines) is 1. The molecule has 1 saturated heterocycles. The van der Waals surface area contributed by atoms with Gasteiger partial charge in [-0.25, -0.2) is 0 Å². The molecule has 1 N–H and O–H groups in total. The normalized spacial score (nSPS) is 15.1. The molecule has 204 valence electrons. The monoisotopic (exact) mass is 529 g/mol. The zero-order valence-electron chi connectivity index (χ0n) is 22.6. The van der Waals surface area contributed by atoms with Gasteiger partial charge in [0, 0.05) is 25.6 Å². The maximum atomic E-state index is 13.3. The third kappa shape index (κ3) is 7.67. The van der Waals surface area contributed by atoms with E-state index in [0.29, 0.717) is 11.5 Å². The molecule has 1 aliphatic heterocycles. The van der Waals surface area contributed by atoms with Crippen LogP contribution in [0.5, 0.6) is 17.2 Å². The van der Waals surface area contributed by atoms with Crippen molar-refractivity contribution in [2.45, 2.75) is 25.8 Å². The molecule has 1 amide bonds. The number of pyridine rings is 1. The molecule has 8 heteroatoms. The average Bonchev–Trinajstić information content (AvgIpc) is 2.97. The van der Waals surface area contributed by atoms with Crippen molar-refractivity contribution < 1.29 is 23.8 Å². The number of hydrogen-bond acceptors (Lipinski definition) is 7. The van der Waals surface area contributed by atoms with Crippen LogP contribution >= 0.6 is 0 Å². The first-order chi connectivity index (χ1) is 19.0. The van der Waals surface area contributed by atoms with E-state index >= 15 is 0 Å². The topological polar surface area (TPSA) is 90.0 Å². The quantitative estimate of drug-likeness (QED) is 0.302. The lowest BCUT2D eigenvalue weighted by Crippen LogP contribution is -2.41. The highest BCUT2D eigenvalue weighted by Crippen LogP contribution is 2.29. The Labute approximate surface area is 229 Å². The molecule has 0 radical (unpaired) electrons. The number of esters is 1. The zero-order chi connectivity index (χ0) is 27.6. The molecule has 0 bridgehead atoms. The first-order valence-corrected chi connectivity index (χ1v) is 13.1. The molecule has 39 heavy (non-hydrogen) atoms. The molecule has 8 nitrogen and oxygen atoms in total. The molecular weight excluding hydrogens is 494 g/mol. The van der Waals surface area contributed by atoms with Crippen LogP contribution in [0.2, 0.25) is 0 Å². The number of nitrogens with one attached hydrogen (secondary N) is 1. The molecule has 0 spiro atoms. The van der Waals surface area contributed by atoms with E-state index < -0.39 is 0 Å². The second kappa shape index (κ2) is 13.6. The summed E-state index contributed by atoms with van der Waals surface area (Å²) in [5, 5.41) is 3.25. The van der Waals surface area contributed by atoms with Crippen molar-refractivity contribution in [3.63, 3.8) is 0 Å². The SMILES string of the molecule is COc1ccc(C(NC(=O)C2CCN(C/C=C/c3ccc(OC(C)=O)c(OC)c3)CC2)c2ccccn2)cc1. The van der Waals surface area contributed by atoms with Gasteiger partial charge in [-0.15, -0.1) is 0 Å². The third-order valence-electron chi connectivity index (χ3n) is 6.79. The van der Waals surface area contributed by atoms with Gasteiger partial charge in [-0.2, -0.15) is 0 Å². The lowest BCUT2D eigenvalue weighted by molar-refractivity contribution is -0.132. The largest absolute Gasteiger partial charge is 0.497 e. The van der Waals surface area contributed by atoms with Gasteiger partial charge in [0.2, 0.25) is 5.91 Å². The van der Waals surface area contributed by atoms with E-state index in [1.54, 1.807) is 26.5 Å². The van der Waals surface area contributed by atoms with E-state index in [2.05, 4.69) is 21.3 Å². The Balaban J connectivity index is 1.32. The van der Waals surface area contributed by atoms with Gasteiger partial charge in [-0.05, 0) is 73.5 Å². The van der Waals surface area contributed by atoms with Crippen LogP contribution in [0.15, 0.2) is 72.9 Å². The van der Waals surface area contributed by atoms with Crippen LogP contribution in [0.1, 0.15) is 42.6 Å². The van der Waals surface area contributed by atoms with Crippen molar-refractivity contribution in [3.8, 4) is 17.2 Å². The van der Waals surface area contributed by atoms with Crippen LogP contribution in [-0.2, 0) is 9.59 Å². The van der Waals surface area contributed by atoms with E-state index in [-0.39, 0.29) is 23.8 Å². The molecular formula is C31H35N3O5. The fourth-order valence-electron chi connectivity index (χ4n) is 4.67. The smallest absolute Gasteiger partial charge is 0.308 e. The van der Waals surface area contributed by atoms with Gasteiger partial charge in [0.05, 0.1) is 26.0 Å². The Hall–Kier alpha value is -4.17. The van der Waals surface area contributed by atoms with E-state index in [4.69, 9.17) is 14.2 Å². The third-order valence-corrected chi connectivity index (χ3v) is 6.79. The first kappa shape index (κ1) is 27.9. The zero-order valence-corrected chi connectivity index (χ0v) is 22.6. The maximum Gasteiger partial charge on any atom is 0.308 e. The van der Waals surface area contributed by atoms with E-state index in [1.165, 1.54) is 6.92 Å². The molecule has 4 rings (SSSR count). The van der Waals surface area contributed by atoms with Crippen LogP contribution in [0, 0.1) is 5.92 Å². The minimum atomic E-state index is -0.387. The summed E-state index contributed by atoms with van der Waals surface area (Å²) in [4.78, 5) is 31.4. The second-order valence-corrected chi connectivity index (χ2v) is 9.45. The molecule has 1 aliphatic rings. The van der Waals surface area contributed by atoms with Crippen molar-refractivity contribution in [2.24, 2.45) is 5.92 Å². The predicted molar refractivity (Wildman–Crippen MR) is 150 cm³/mol. The molecule has 1 fully saturated rings. The summed E-state index contributed by atoms with van der Waals surface area (Å²) in [5.41, 5.74) is 2.72. The summed E-state index contributed by atoms with van der Waals surface area (Å²) in [6.07, 6.45) is 7.45. The second-order valence-electron chi connectivity index (χ2n) is 9.45. The maximum absolute atomic E-state index is 13.3. The number of hydrogen-bond donors (Lipinski definition) is 1. The highest BCUT2D eigenvalue weighted by molar-refractivity contribution is 5.79. The summed E-state index contributed by atoms with van der Waals surface area (Å²) >= 11 is 0. The Bertz CT molecular complexity index is 1270. The molecule has 2 aromatic carbocycles. The highest BCUT2D eigenvalue weighted by atomic mass is 16.6. The van der Waals surface area contributed by atoms with Gasteiger partial charge in [0.15, 0.2) is 11.5 Å². The molecule has 1 unspecified atom stereocenters. The molecule has 0 aliphatic carbocycles. The van der Waals surface area contributed by atoms with Crippen molar-refractivity contribution >= 4 is 18.0 Å². The Morgan fingerprint density at radius 2 is 1.79 bits per heavy atom. The Morgan fingerprint density at radius 3 is 2.44 bits per heavy atom. The van der Waals surface area contributed by atoms with Crippen molar-refractivity contribution in [2.75, 3.05) is 33.9 Å². The summed E-state index contributed by atoms with van der Waals surface area (Å²) in [7, 11) is 3.18. The number of aromatic nitrogens is 1. The van der Waals surface area contributed by atoms with Crippen molar-refractivity contribution in [3.05, 3.63) is 89.8 Å². The minimum Gasteiger partial charge on any atom is -0.497 e. The number of rotatable bonds is 10. The lowest BCUT2D eigenvalue weighted by Gasteiger charge is -2.31. The van der Waals surface area contributed by atoms with Gasteiger partial charge in [0.25, 0.3) is 0 Å². The summed E-state index contributed by atoms with van der Waals surface area (Å²) in [6, 6.07) is 18.6. The summed E-state index contributed by atoms with van der Waals surface area (Å²) in [6.45, 7) is 3.83. The Kier molecular flexibility index (Phi) is 9.69. The minimum absolute atomic E-state index is 0.0484. The van der Waals surface area contributed by atoms with Gasteiger partial charge >= 0.3 is 5.97 Å². The molecule has 2 heterocycles. The predicted octanol–water partition coefficient (Wildman–Crippen LogP) is 4.66. The standard InChI is InChI=1S/C31H35N3O5/c1-22(35)39-28-14-9-23(21-29(28)38-3)7-6-18-34-19-15-25(16-20-34)31(36)33-30(27-8-4-5-17-32-27)24-10-12-26(37-2)13-11-24/h4-14,17,21,25,30H,15-16,18-20H2,1-3H3,(H,33,36)/b7-6+. The molecule has 1 atom stereocenters. The summed E-state index contributed by atoms with van der Waals surface area (Å²) in [5.74, 6) is 1.30. The molecule has 3 aromatic rings.